The molecule has 5 heteroatoms. The Kier molecular flexibility index (Phi) is 4.74. The molecule has 0 saturated carbocycles. The topological polar surface area (TPSA) is 67.9 Å². The van der Waals surface area contributed by atoms with Crippen molar-refractivity contribution in [3.8, 4) is 5.75 Å². The first-order valence-electron chi connectivity index (χ1n) is 6.99. The average molecular weight is 275 g/mol. The second-order valence-electron chi connectivity index (χ2n) is 4.80. The number of nitrogens with zero attached hydrogens (tertiary/aromatic N) is 2. The summed E-state index contributed by atoms with van der Waals surface area (Å²) in [6.45, 7) is 5.06. The third-order valence-electron chi connectivity index (χ3n) is 3.36. The highest BCUT2D eigenvalue weighted by Gasteiger charge is 2.33. The lowest BCUT2D eigenvalue weighted by Crippen LogP contribution is -2.27. The molecule has 1 aromatic carbocycles. The standard InChI is InChI=1S/C15H21N3O2/c1-3-20-13-8-6-12(7-9-13)18-15(19)14(5-4-10-16)11(2)17-18/h6-9,14H,3-5,10,16H2,1-2H3. The van der Waals surface area contributed by atoms with E-state index >= 15 is 0 Å². The molecule has 1 amide bonds. The predicted octanol–water partition coefficient (Wildman–Crippen LogP) is 2.16. The van der Waals surface area contributed by atoms with Crippen LogP contribution < -0.4 is 15.5 Å². The Balaban J connectivity index is 2.11. The molecule has 108 valence electrons. The van der Waals surface area contributed by atoms with Crippen molar-refractivity contribution < 1.29 is 9.53 Å². The Morgan fingerprint density at radius 3 is 2.65 bits per heavy atom. The van der Waals surface area contributed by atoms with Crippen LogP contribution in [-0.4, -0.2) is 24.8 Å². The molecule has 1 unspecified atom stereocenters. The number of rotatable bonds is 6. The Morgan fingerprint density at radius 2 is 2.05 bits per heavy atom. The zero-order chi connectivity index (χ0) is 14.5. The Hall–Kier alpha value is -1.88. The molecule has 0 fully saturated rings. The van der Waals surface area contributed by atoms with Crippen molar-refractivity contribution in [1.82, 2.24) is 0 Å². The summed E-state index contributed by atoms with van der Waals surface area (Å²) in [5.74, 6) is 0.688. The van der Waals surface area contributed by atoms with Crippen LogP contribution in [0.1, 0.15) is 26.7 Å². The predicted molar refractivity (Wildman–Crippen MR) is 80.0 cm³/mol. The minimum Gasteiger partial charge on any atom is -0.494 e. The summed E-state index contributed by atoms with van der Waals surface area (Å²) < 4.78 is 5.39. The number of hydrogen-bond donors (Lipinski definition) is 1. The van der Waals surface area contributed by atoms with E-state index in [0.29, 0.717) is 13.2 Å². The molecule has 0 bridgehead atoms. The molecule has 5 nitrogen and oxygen atoms in total. The van der Waals surface area contributed by atoms with Crippen LogP contribution in [0.2, 0.25) is 0 Å². The van der Waals surface area contributed by atoms with E-state index in [1.54, 1.807) is 0 Å². The molecule has 1 aromatic rings. The van der Waals surface area contributed by atoms with Gasteiger partial charge in [0.15, 0.2) is 0 Å². The van der Waals surface area contributed by atoms with Gasteiger partial charge in [-0.2, -0.15) is 5.10 Å². The van der Waals surface area contributed by atoms with E-state index in [1.807, 2.05) is 38.1 Å². The molecule has 1 atom stereocenters. The van der Waals surface area contributed by atoms with E-state index in [1.165, 1.54) is 5.01 Å². The van der Waals surface area contributed by atoms with Gasteiger partial charge in [-0.1, -0.05) is 0 Å². The van der Waals surface area contributed by atoms with Crippen LogP contribution in [0.4, 0.5) is 5.69 Å². The van der Waals surface area contributed by atoms with Crippen molar-refractivity contribution >= 4 is 17.3 Å². The highest BCUT2D eigenvalue weighted by molar-refractivity contribution is 6.14. The van der Waals surface area contributed by atoms with Crippen LogP contribution in [0.15, 0.2) is 29.4 Å². The number of nitrogens with two attached hydrogens (primary N) is 1. The molecular weight excluding hydrogens is 254 g/mol. The Morgan fingerprint density at radius 1 is 1.35 bits per heavy atom. The van der Waals surface area contributed by atoms with E-state index in [4.69, 9.17) is 10.5 Å². The maximum atomic E-state index is 12.4. The number of anilines is 1. The monoisotopic (exact) mass is 275 g/mol. The van der Waals surface area contributed by atoms with E-state index in [9.17, 15) is 4.79 Å². The maximum absolute atomic E-state index is 12.4. The number of carbonyl (C=O) groups is 1. The minimum atomic E-state index is -0.134. The average Bonchev–Trinajstić information content (AvgIpc) is 2.73. The molecule has 0 aliphatic carbocycles. The van der Waals surface area contributed by atoms with Crippen molar-refractivity contribution in [3.05, 3.63) is 24.3 Å². The van der Waals surface area contributed by atoms with Gasteiger partial charge in [0.2, 0.25) is 0 Å². The Labute approximate surface area is 119 Å². The number of benzene rings is 1. The SMILES string of the molecule is CCOc1ccc(N2N=C(C)C(CCCN)C2=O)cc1. The molecule has 1 aliphatic rings. The van der Waals surface area contributed by atoms with Crippen LogP contribution in [0, 0.1) is 5.92 Å². The van der Waals surface area contributed by atoms with E-state index in [0.717, 1.165) is 30.0 Å². The zero-order valence-electron chi connectivity index (χ0n) is 12.0. The lowest BCUT2D eigenvalue weighted by molar-refractivity contribution is -0.119. The van der Waals surface area contributed by atoms with Crippen LogP contribution in [0.5, 0.6) is 5.75 Å². The second kappa shape index (κ2) is 6.52. The zero-order valence-corrected chi connectivity index (χ0v) is 12.0. The van der Waals surface area contributed by atoms with Gasteiger partial charge in [0.25, 0.3) is 5.91 Å². The van der Waals surface area contributed by atoms with Gasteiger partial charge >= 0.3 is 0 Å². The number of amides is 1. The summed E-state index contributed by atoms with van der Waals surface area (Å²) >= 11 is 0. The third-order valence-corrected chi connectivity index (χ3v) is 3.36. The fraction of sp³-hybridized carbons (Fsp3) is 0.467. The number of carbonyl (C=O) groups excluding carboxylic acids is 1. The second-order valence-corrected chi connectivity index (χ2v) is 4.80. The molecule has 2 N–H and O–H groups in total. The normalized spacial score (nSPS) is 18.4. The third kappa shape index (κ3) is 2.99. The van der Waals surface area contributed by atoms with Crippen molar-refractivity contribution in [2.24, 2.45) is 16.8 Å². The van der Waals surface area contributed by atoms with Gasteiger partial charge in [-0.25, -0.2) is 5.01 Å². The summed E-state index contributed by atoms with van der Waals surface area (Å²) in [4.78, 5) is 12.4. The fourth-order valence-electron chi connectivity index (χ4n) is 2.29. The van der Waals surface area contributed by atoms with Gasteiger partial charge in [0.05, 0.1) is 18.2 Å². The molecule has 1 heterocycles. The van der Waals surface area contributed by atoms with Gasteiger partial charge in [0.1, 0.15) is 5.75 Å². The van der Waals surface area contributed by atoms with Crippen molar-refractivity contribution in [2.75, 3.05) is 18.2 Å². The first-order chi connectivity index (χ1) is 9.67. The van der Waals surface area contributed by atoms with Gasteiger partial charge in [-0.3, -0.25) is 4.79 Å². The summed E-state index contributed by atoms with van der Waals surface area (Å²) in [5, 5.41) is 5.85. The highest BCUT2D eigenvalue weighted by atomic mass is 16.5. The first-order valence-corrected chi connectivity index (χ1v) is 6.99. The van der Waals surface area contributed by atoms with Crippen molar-refractivity contribution in [2.45, 2.75) is 26.7 Å². The van der Waals surface area contributed by atoms with E-state index in [2.05, 4.69) is 5.10 Å². The number of hydrogen-bond acceptors (Lipinski definition) is 4. The molecule has 2 rings (SSSR count). The van der Waals surface area contributed by atoms with E-state index < -0.39 is 0 Å². The lowest BCUT2D eigenvalue weighted by Gasteiger charge is -2.14. The molecule has 1 aliphatic heterocycles. The van der Waals surface area contributed by atoms with Gasteiger partial charge in [0, 0.05) is 5.71 Å². The van der Waals surface area contributed by atoms with Crippen molar-refractivity contribution in [1.29, 1.82) is 0 Å². The molecule has 0 spiro atoms. The van der Waals surface area contributed by atoms with Crippen LogP contribution in [-0.2, 0) is 4.79 Å². The first kappa shape index (κ1) is 14.5. The molecule has 0 radical (unpaired) electrons. The van der Waals surface area contributed by atoms with Gasteiger partial charge in [-0.05, 0) is 57.5 Å². The summed E-state index contributed by atoms with van der Waals surface area (Å²) in [6, 6.07) is 7.41. The molecular formula is C15H21N3O2. The van der Waals surface area contributed by atoms with Crippen molar-refractivity contribution in [3.63, 3.8) is 0 Å². The van der Waals surface area contributed by atoms with Crippen LogP contribution >= 0.6 is 0 Å². The fourth-order valence-corrected chi connectivity index (χ4v) is 2.29. The molecule has 0 aromatic heterocycles. The summed E-state index contributed by atoms with van der Waals surface area (Å²) in [7, 11) is 0. The summed E-state index contributed by atoms with van der Waals surface area (Å²) in [6.07, 6.45) is 1.60. The summed E-state index contributed by atoms with van der Waals surface area (Å²) in [5.41, 5.74) is 7.14. The smallest absolute Gasteiger partial charge is 0.256 e. The highest BCUT2D eigenvalue weighted by Crippen LogP contribution is 2.27. The van der Waals surface area contributed by atoms with Crippen LogP contribution in [0.3, 0.4) is 0 Å². The number of ether oxygens (including phenoxy) is 1. The van der Waals surface area contributed by atoms with Gasteiger partial charge < -0.3 is 10.5 Å². The minimum absolute atomic E-state index is 0.0279. The van der Waals surface area contributed by atoms with Gasteiger partial charge in [-0.15, -0.1) is 0 Å². The number of hydrazone groups is 1. The molecule has 0 saturated heterocycles. The lowest BCUT2D eigenvalue weighted by atomic mass is 9.98. The Bertz CT molecular complexity index is 496. The van der Waals surface area contributed by atoms with Crippen LogP contribution in [0.25, 0.3) is 0 Å². The van der Waals surface area contributed by atoms with E-state index in [-0.39, 0.29) is 11.8 Å². The largest absolute Gasteiger partial charge is 0.494 e. The molecule has 20 heavy (non-hydrogen) atoms. The maximum Gasteiger partial charge on any atom is 0.256 e. The quantitative estimate of drug-likeness (QED) is 0.865.